The predicted molar refractivity (Wildman–Crippen MR) is 132 cm³/mol. The molecule has 7 nitrogen and oxygen atoms in total. The van der Waals surface area contributed by atoms with E-state index in [1.807, 2.05) is 23.6 Å². The Bertz CT molecular complexity index is 1220. The maximum atomic E-state index is 13.0. The maximum absolute atomic E-state index is 13.0. The van der Waals surface area contributed by atoms with Crippen molar-refractivity contribution in [3.05, 3.63) is 63.1 Å². The van der Waals surface area contributed by atoms with E-state index >= 15 is 0 Å². The van der Waals surface area contributed by atoms with E-state index in [1.165, 1.54) is 22.5 Å². The van der Waals surface area contributed by atoms with E-state index in [2.05, 4.69) is 4.90 Å². The van der Waals surface area contributed by atoms with E-state index in [0.717, 1.165) is 16.4 Å². The Labute approximate surface area is 207 Å². The van der Waals surface area contributed by atoms with Crippen LogP contribution in [0.4, 0.5) is 5.13 Å². The highest BCUT2D eigenvalue weighted by Gasteiger charge is 2.30. The molecule has 176 valence electrons. The first-order valence-corrected chi connectivity index (χ1v) is 13.2. The largest absolute Gasteiger partial charge is 0.493 e. The summed E-state index contributed by atoms with van der Waals surface area (Å²) >= 11 is 13.5. The third-order valence-electron chi connectivity index (χ3n) is 5.36. The molecule has 0 unspecified atom stereocenters. The van der Waals surface area contributed by atoms with Crippen LogP contribution < -0.4 is 14.4 Å². The number of hydrogen-bond acceptors (Lipinski definition) is 7. The number of benzene rings is 2. The zero-order chi connectivity index (χ0) is 23.6. The number of methoxy groups -OCH3 is 2. The summed E-state index contributed by atoms with van der Waals surface area (Å²) in [6.07, 6.45) is 0.667. The lowest BCUT2D eigenvalue weighted by Crippen LogP contribution is -2.48. The highest BCUT2D eigenvalue weighted by molar-refractivity contribution is 7.89. The molecule has 0 radical (unpaired) electrons. The lowest BCUT2D eigenvalue weighted by molar-refractivity contribution is 0.354. The van der Waals surface area contributed by atoms with Gasteiger partial charge in [0.1, 0.15) is 0 Å². The Hall–Kier alpha value is -2.04. The van der Waals surface area contributed by atoms with Crippen LogP contribution in [0.5, 0.6) is 11.5 Å². The van der Waals surface area contributed by atoms with Crippen LogP contribution in [-0.2, 0) is 16.4 Å². The molecule has 4 rings (SSSR count). The normalized spacial score (nSPS) is 15.0. The van der Waals surface area contributed by atoms with Crippen LogP contribution in [0, 0.1) is 0 Å². The third kappa shape index (κ3) is 5.38. The van der Waals surface area contributed by atoms with Crippen LogP contribution in [-0.4, -0.2) is 58.1 Å². The number of nitrogens with zero attached hydrogens (tertiary/aromatic N) is 3. The van der Waals surface area contributed by atoms with Gasteiger partial charge in [-0.3, -0.25) is 0 Å². The average molecular weight is 528 g/mol. The number of sulfonamides is 1. The van der Waals surface area contributed by atoms with Gasteiger partial charge < -0.3 is 14.4 Å². The highest BCUT2D eigenvalue weighted by atomic mass is 35.5. The molecular formula is C22H23Cl2N3O4S2. The van der Waals surface area contributed by atoms with E-state index < -0.39 is 10.0 Å². The van der Waals surface area contributed by atoms with Crippen molar-refractivity contribution >= 4 is 49.7 Å². The van der Waals surface area contributed by atoms with E-state index in [-0.39, 0.29) is 4.90 Å². The third-order valence-corrected chi connectivity index (χ3v) is 8.62. The lowest BCUT2D eigenvalue weighted by Gasteiger charge is -2.33. The quantitative estimate of drug-likeness (QED) is 0.448. The molecule has 1 aromatic heterocycles. The molecule has 0 amide bonds. The number of halogens is 2. The number of rotatable bonds is 7. The first-order valence-electron chi connectivity index (χ1n) is 10.2. The molecule has 0 aliphatic carbocycles. The van der Waals surface area contributed by atoms with Crippen LogP contribution in [0.25, 0.3) is 0 Å². The summed E-state index contributed by atoms with van der Waals surface area (Å²) in [7, 11) is -0.437. The van der Waals surface area contributed by atoms with Crippen LogP contribution in [0.3, 0.4) is 0 Å². The van der Waals surface area contributed by atoms with Crippen molar-refractivity contribution in [1.82, 2.24) is 9.29 Å². The van der Waals surface area contributed by atoms with Gasteiger partial charge >= 0.3 is 0 Å². The van der Waals surface area contributed by atoms with Gasteiger partial charge in [-0.05, 0) is 35.9 Å². The molecule has 1 saturated heterocycles. The molecule has 0 N–H and O–H groups in total. The smallest absolute Gasteiger partial charge is 0.243 e. The lowest BCUT2D eigenvalue weighted by atomic mass is 10.1. The van der Waals surface area contributed by atoms with Crippen molar-refractivity contribution in [2.45, 2.75) is 11.3 Å². The van der Waals surface area contributed by atoms with Gasteiger partial charge in [-0.15, -0.1) is 11.3 Å². The number of piperazine rings is 1. The summed E-state index contributed by atoms with van der Waals surface area (Å²) in [5, 5.41) is 3.51. The van der Waals surface area contributed by atoms with Gasteiger partial charge in [0.25, 0.3) is 0 Å². The molecule has 11 heteroatoms. The summed E-state index contributed by atoms with van der Waals surface area (Å²) in [6, 6.07) is 10.2. The fourth-order valence-corrected chi connectivity index (χ4v) is 6.70. The fraction of sp³-hybridized carbons (Fsp3) is 0.318. The molecule has 0 spiro atoms. The second-order valence-electron chi connectivity index (χ2n) is 7.48. The highest BCUT2D eigenvalue weighted by Crippen LogP contribution is 2.30. The first kappa shape index (κ1) is 24.1. The van der Waals surface area contributed by atoms with Crippen molar-refractivity contribution in [3.8, 4) is 11.5 Å². The van der Waals surface area contributed by atoms with Crippen molar-refractivity contribution in [3.63, 3.8) is 0 Å². The Morgan fingerprint density at radius 3 is 2.27 bits per heavy atom. The molecule has 2 aromatic carbocycles. The molecule has 0 saturated carbocycles. The van der Waals surface area contributed by atoms with Gasteiger partial charge in [-0.25, -0.2) is 13.4 Å². The molecule has 1 aliphatic rings. The summed E-state index contributed by atoms with van der Waals surface area (Å²) in [4.78, 5) is 6.99. The maximum Gasteiger partial charge on any atom is 0.243 e. The first-order chi connectivity index (χ1) is 15.8. The predicted octanol–water partition coefficient (Wildman–Crippen LogP) is 4.57. The van der Waals surface area contributed by atoms with Gasteiger partial charge in [0.15, 0.2) is 16.6 Å². The molecule has 1 aliphatic heterocycles. The van der Waals surface area contributed by atoms with Crippen molar-refractivity contribution in [2.75, 3.05) is 45.3 Å². The van der Waals surface area contributed by atoms with Crippen molar-refractivity contribution in [2.24, 2.45) is 0 Å². The van der Waals surface area contributed by atoms with E-state index in [0.29, 0.717) is 54.1 Å². The topological polar surface area (TPSA) is 72.0 Å². The monoisotopic (exact) mass is 527 g/mol. The molecule has 1 fully saturated rings. The van der Waals surface area contributed by atoms with Gasteiger partial charge in [0, 0.05) is 48.0 Å². The number of aromatic nitrogens is 1. The Morgan fingerprint density at radius 2 is 1.64 bits per heavy atom. The molecule has 3 aromatic rings. The minimum Gasteiger partial charge on any atom is -0.493 e. The van der Waals surface area contributed by atoms with Gasteiger partial charge in [-0.1, -0.05) is 29.3 Å². The zero-order valence-corrected chi connectivity index (χ0v) is 21.3. The second-order valence-corrected chi connectivity index (χ2v) is 11.1. The van der Waals surface area contributed by atoms with Gasteiger partial charge in [0.05, 0.1) is 24.8 Å². The number of hydrogen-bond donors (Lipinski definition) is 0. The molecule has 0 bridgehead atoms. The Morgan fingerprint density at radius 1 is 0.970 bits per heavy atom. The Balaban J connectivity index is 1.41. The average Bonchev–Trinajstić information content (AvgIpc) is 3.27. The number of ether oxygens (including phenoxy) is 2. The minimum atomic E-state index is -3.66. The van der Waals surface area contributed by atoms with E-state index in [9.17, 15) is 8.42 Å². The molecular weight excluding hydrogens is 505 g/mol. The Kier molecular flexibility index (Phi) is 7.35. The minimum absolute atomic E-state index is 0.111. The van der Waals surface area contributed by atoms with Gasteiger partial charge in [-0.2, -0.15) is 4.31 Å². The molecule has 0 atom stereocenters. The summed E-state index contributed by atoms with van der Waals surface area (Å²) in [5.41, 5.74) is 2.02. The summed E-state index contributed by atoms with van der Waals surface area (Å²) < 4.78 is 38.1. The zero-order valence-electron chi connectivity index (χ0n) is 18.1. The number of thiazole rings is 1. The summed E-state index contributed by atoms with van der Waals surface area (Å²) in [5.74, 6) is 1.37. The van der Waals surface area contributed by atoms with E-state index in [1.54, 1.807) is 25.6 Å². The van der Waals surface area contributed by atoms with Crippen molar-refractivity contribution in [1.29, 1.82) is 0 Å². The fourth-order valence-electron chi connectivity index (χ4n) is 3.67. The van der Waals surface area contributed by atoms with Crippen LogP contribution in [0.15, 0.2) is 46.7 Å². The van der Waals surface area contributed by atoms with Crippen molar-refractivity contribution < 1.29 is 17.9 Å². The summed E-state index contributed by atoms with van der Waals surface area (Å²) in [6.45, 7) is 1.82. The number of anilines is 1. The standard InChI is InChI=1S/C22H23Cl2N3O4S2/c1-30-20-4-3-15(10-21(20)31-2)9-18-14-32-22(25-18)26-5-7-27(8-6-26)33(28,29)19-12-16(23)11-17(24)13-19/h3-4,10-14H,5-9H2,1-2H3. The SMILES string of the molecule is COc1ccc(Cc2csc(N3CCN(S(=O)(=O)c4cc(Cl)cc(Cl)c4)CC3)n2)cc1OC. The van der Waals surface area contributed by atoms with Crippen LogP contribution >= 0.6 is 34.5 Å². The van der Waals surface area contributed by atoms with Gasteiger partial charge in [0.2, 0.25) is 10.0 Å². The second kappa shape index (κ2) is 10.1. The molecule has 33 heavy (non-hydrogen) atoms. The van der Waals surface area contributed by atoms with Crippen LogP contribution in [0.2, 0.25) is 10.0 Å². The molecule has 2 heterocycles. The van der Waals surface area contributed by atoms with E-state index in [4.69, 9.17) is 37.7 Å². The van der Waals surface area contributed by atoms with Crippen LogP contribution in [0.1, 0.15) is 11.3 Å².